The molecule has 3 aromatic carbocycles. The molecule has 9 nitrogen and oxygen atoms in total. The number of benzene rings is 3. The molecule has 0 radical (unpaired) electrons. The van der Waals surface area contributed by atoms with E-state index in [1.165, 1.54) is 0 Å². The number of nitrogens with zero attached hydrogens (tertiary/aromatic N) is 2. The Bertz CT molecular complexity index is 1320. The zero-order valence-electron chi connectivity index (χ0n) is 22.7. The van der Waals surface area contributed by atoms with Gasteiger partial charge in [-0.15, -0.1) is 0 Å². The van der Waals surface area contributed by atoms with Crippen LogP contribution in [0.4, 0.5) is 4.79 Å². The van der Waals surface area contributed by atoms with E-state index in [1.807, 2.05) is 84.6 Å². The Morgan fingerprint density at radius 3 is 2.40 bits per heavy atom. The van der Waals surface area contributed by atoms with Crippen molar-refractivity contribution in [2.75, 3.05) is 40.1 Å². The summed E-state index contributed by atoms with van der Waals surface area (Å²) in [5.74, 6) is 1.72. The number of carboxylic acid groups (broad SMARTS) is 1. The number of hydrogen-bond donors (Lipinski definition) is 1. The second-order valence-corrected chi connectivity index (χ2v) is 9.94. The Morgan fingerprint density at radius 1 is 0.975 bits per heavy atom. The lowest BCUT2D eigenvalue weighted by Crippen LogP contribution is -2.40. The van der Waals surface area contributed by atoms with Crippen LogP contribution in [0.2, 0.25) is 0 Å². The van der Waals surface area contributed by atoms with Crippen LogP contribution >= 0.6 is 0 Å². The molecule has 0 aromatic heterocycles. The zero-order chi connectivity index (χ0) is 28.1. The summed E-state index contributed by atoms with van der Waals surface area (Å²) in [5, 5.41) is 9.76. The molecule has 0 unspecified atom stereocenters. The molecule has 0 spiro atoms. The van der Waals surface area contributed by atoms with E-state index in [-0.39, 0.29) is 24.7 Å². The van der Waals surface area contributed by atoms with Crippen molar-refractivity contribution >= 4 is 12.1 Å². The molecule has 5 rings (SSSR count). The zero-order valence-corrected chi connectivity index (χ0v) is 22.7. The molecule has 0 bridgehead atoms. The molecule has 3 atom stereocenters. The third kappa shape index (κ3) is 5.84. The van der Waals surface area contributed by atoms with E-state index >= 15 is 0 Å². The van der Waals surface area contributed by atoms with Gasteiger partial charge in [0.15, 0.2) is 11.5 Å². The standard InChI is InChI=1S/C31H34N2O7/c1-3-15-32(30(34)22-7-5-4-6-8-22)16-17-33-19-25(23-11-14-26-27(18-23)39-20-38-26)29(40-31(35)36)28(33)21-9-12-24(37-2)13-10-21/h4-14,18,25,28-29H,3,15-17,19-20H2,1-2H3,(H,35,36)/t25-,28-,29+/m1/s1. The highest BCUT2D eigenvalue weighted by Crippen LogP contribution is 2.45. The van der Waals surface area contributed by atoms with Crippen LogP contribution in [0.3, 0.4) is 0 Å². The van der Waals surface area contributed by atoms with Crippen molar-refractivity contribution in [3.63, 3.8) is 0 Å². The van der Waals surface area contributed by atoms with Crippen molar-refractivity contribution in [1.82, 2.24) is 9.80 Å². The molecule has 1 N–H and O–H groups in total. The van der Waals surface area contributed by atoms with Crippen LogP contribution in [0.1, 0.15) is 46.8 Å². The maximum atomic E-state index is 13.3. The maximum Gasteiger partial charge on any atom is 0.506 e. The lowest BCUT2D eigenvalue weighted by molar-refractivity contribution is 0.0276. The molecular formula is C31H34N2O7. The molecule has 0 aliphatic carbocycles. The molecule has 3 aromatic rings. The summed E-state index contributed by atoms with van der Waals surface area (Å²) >= 11 is 0. The SMILES string of the molecule is CCCN(CCN1C[C@H](c2ccc3c(c2)OCO3)[C@H](OC(=O)O)[C@H]1c1ccc(OC)cc1)C(=O)c1ccccc1. The summed E-state index contributed by atoms with van der Waals surface area (Å²) in [4.78, 5) is 29.3. The van der Waals surface area contributed by atoms with Crippen LogP contribution in [-0.4, -0.2) is 73.2 Å². The van der Waals surface area contributed by atoms with Crippen LogP contribution < -0.4 is 14.2 Å². The van der Waals surface area contributed by atoms with E-state index < -0.39 is 12.3 Å². The molecule has 210 valence electrons. The molecule has 40 heavy (non-hydrogen) atoms. The van der Waals surface area contributed by atoms with Gasteiger partial charge in [0.2, 0.25) is 6.79 Å². The maximum absolute atomic E-state index is 13.3. The third-order valence-electron chi connectivity index (χ3n) is 7.51. The fourth-order valence-corrected chi connectivity index (χ4v) is 5.63. The first-order valence-electron chi connectivity index (χ1n) is 13.5. The van der Waals surface area contributed by atoms with Gasteiger partial charge in [-0.25, -0.2) is 4.79 Å². The average molecular weight is 547 g/mol. The quantitative estimate of drug-likeness (QED) is 0.348. The number of amides is 1. The Balaban J connectivity index is 1.46. The summed E-state index contributed by atoms with van der Waals surface area (Å²) in [6.45, 7) is 4.39. The van der Waals surface area contributed by atoms with Gasteiger partial charge in [-0.3, -0.25) is 9.69 Å². The van der Waals surface area contributed by atoms with Crippen molar-refractivity contribution in [2.45, 2.75) is 31.4 Å². The number of fused-ring (bicyclic) bond motifs is 1. The Labute approximate surface area is 233 Å². The highest BCUT2D eigenvalue weighted by Gasteiger charge is 2.46. The van der Waals surface area contributed by atoms with Crippen molar-refractivity contribution in [3.8, 4) is 17.2 Å². The number of likely N-dealkylation sites (tertiary alicyclic amines) is 1. The van der Waals surface area contributed by atoms with Crippen LogP contribution in [0.25, 0.3) is 0 Å². The predicted octanol–water partition coefficient (Wildman–Crippen LogP) is 5.18. The van der Waals surface area contributed by atoms with Gasteiger partial charge < -0.3 is 29.0 Å². The predicted molar refractivity (Wildman–Crippen MR) is 148 cm³/mol. The van der Waals surface area contributed by atoms with E-state index in [4.69, 9.17) is 18.9 Å². The summed E-state index contributed by atoms with van der Waals surface area (Å²) in [5.41, 5.74) is 2.46. The summed E-state index contributed by atoms with van der Waals surface area (Å²) in [7, 11) is 1.61. The van der Waals surface area contributed by atoms with Gasteiger partial charge >= 0.3 is 6.16 Å². The lowest BCUT2D eigenvalue weighted by atomic mass is 9.90. The smallest absolute Gasteiger partial charge is 0.497 e. The van der Waals surface area contributed by atoms with Crippen molar-refractivity contribution < 1.29 is 33.6 Å². The Morgan fingerprint density at radius 2 is 1.70 bits per heavy atom. The van der Waals surface area contributed by atoms with E-state index in [0.717, 1.165) is 17.5 Å². The second-order valence-electron chi connectivity index (χ2n) is 9.94. The molecule has 1 saturated heterocycles. The minimum atomic E-state index is -1.33. The minimum absolute atomic E-state index is 0.0201. The fraction of sp³-hybridized carbons (Fsp3) is 0.355. The van der Waals surface area contributed by atoms with Crippen molar-refractivity contribution in [2.24, 2.45) is 0 Å². The Hall–Kier alpha value is -4.24. The van der Waals surface area contributed by atoms with Crippen molar-refractivity contribution in [1.29, 1.82) is 0 Å². The van der Waals surface area contributed by atoms with Crippen LogP contribution in [0, 0.1) is 0 Å². The number of ether oxygens (including phenoxy) is 4. The van der Waals surface area contributed by atoms with Crippen LogP contribution in [0.5, 0.6) is 17.2 Å². The molecule has 0 saturated carbocycles. The molecule has 1 fully saturated rings. The minimum Gasteiger partial charge on any atom is -0.497 e. The van der Waals surface area contributed by atoms with Gasteiger partial charge in [0, 0.05) is 37.7 Å². The average Bonchev–Trinajstić information content (AvgIpc) is 3.59. The largest absolute Gasteiger partial charge is 0.506 e. The summed E-state index contributed by atoms with van der Waals surface area (Å²) in [6, 6.07) is 22.2. The highest BCUT2D eigenvalue weighted by molar-refractivity contribution is 5.94. The molecule has 9 heteroatoms. The van der Waals surface area contributed by atoms with Gasteiger partial charge in [-0.1, -0.05) is 43.3 Å². The topological polar surface area (TPSA) is 97.8 Å². The second kappa shape index (κ2) is 12.3. The lowest BCUT2D eigenvalue weighted by Gasteiger charge is -2.31. The monoisotopic (exact) mass is 546 g/mol. The summed E-state index contributed by atoms with van der Waals surface area (Å²) in [6.07, 6.45) is -1.19. The first-order chi connectivity index (χ1) is 19.5. The van der Waals surface area contributed by atoms with Gasteiger partial charge in [0.1, 0.15) is 11.9 Å². The van der Waals surface area contributed by atoms with Gasteiger partial charge in [0.25, 0.3) is 5.91 Å². The van der Waals surface area contributed by atoms with Gasteiger partial charge in [-0.2, -0.15) is 0 Å². The van der Waals surface area contributed by atoms with E-state index in [2.05, 4.69) is 4.90 Å². The van der Waals surface area contributed by atoms with E-state index in [1.54, 1.807) is 7.11 Å². The number of carbonyl (C=O) groups excluding carboxylic acids is 1. The third-order valence-corrected chi connectivity index (χ3v) is 7.51. The molecule has 2 aliphatic heterocycles. The first-order valence-corrected chi connectivity index (χ1v) is 13.5. The number of rotatable bonds is 10. The molecule has 1 amide bonds. The van der Waals surface area contributed by atoms with E-state index in [9.17, 15) is 14.7 Å². The summed E-state index contributed by atoms with van der Waals surface area (Å²) < 4.78 is 22.0. The molecule has 2 aliphatic rings. The van der Waals surface area contributed by atoms with Gasteiger partial charge in [-0.05, 0) is 53.9 Å². The van der Waals surface area contributed by atoms with Crippen molar-refractivity contribution in [3.05, 3.63) is 89.5 Å². The first kappa shape index (κ1) is 27.3. The number of hydrogen-bond acceptors (Lipinski definition) is 7. The highest BCUT2D eigenvalue weighted by atomic mass is 16.7. The Kier molecular flexibility index (Phi) is 8.40. The van der Waals surface area contributed by atoms with Crippen LogP contribution in [-0.2, 0) is 4.74 Å². The molecule has 2 heterocycles. The fourth-order valence-electron chi connectivity index (χ4n) is 5.63. The van der Waals surface area contributed by atoms with E-state index in [0.29, 0.717) is 49.0 Å². The molecular weight excluding hydrogens is 512 g/mol. The number of methoxy groups -OCH3 is 1. The number of carbonyl (C=O) groups is 2. The van der Waals surface area contributed by atoms with Crippen LogP contribution in [0.15, 0.2) is 72.8 Å². The van der Waals surface area contributed by atoms with Gasteiger partial charge in [0.05, 0.1) is 13.2 Å². The normalized spacial score (nSPS) is 19.8.